The van der Waals surface area contributed by atoms with Gasteiger partial charge in [-0.05, 0) is 18.4 Å². The lowest BCUT2D eigenvalue weighted by Gasteiger charge is -2.13. The number of carbonyl (C=O) groups is 3. The van der Waals surface area contributed by atoms with Crippen LogP contribution in [0.2, 0.25) is 0 Å². The molecule has 6 heteroatoms. The van der Waals surface area contributed by atoms with Gasteiger partial charge in [-0.25, -0.2) is 0 Å². The van der Waals surface area contributed by atoms with Gasteiger partial charge < -0.3 is 15.7 Å². The van der Waals surface area contributed by atoms with E-state index >= 15 is 0 Å². The van der Waals surface area contributed by atoms with Gasteiger partial charge >= 0.3 is 5.97 Å². The number of hydrogen-bond acceptors (Lipinski definition) is 3. The van der Waals surface area contributed by atoms with Crippen molar-refractivity contribution in [3.8, 4) is 0 Å². The number of benzene rings is 1. The molecular formula is C17H24N2O4. The van der Waals surface area contributed by atoms with Crippen LogP contribution in [0.3, 0.4) is 0 Å². The Bertz CT molecular complexity index is 517. The van der Waals surface area contributed by atoms with E-state index in [0.717, 1.165) is 12.8 Å². The van der Waals surface area contributed by atoms with Crippen LogP contribution < -0.4 is 10.6 Å². The van der Waals surface area contributed by atoms with Gasteiger partial charge in [0, 0.05) is 26.4 Å². The Morgan fingerprint density at radius 1 is 1.04 bits per heavy atom. The van der Waals surface area contributed by atoms with Crippen molar-refractivity contribution in [2.75, 3.05) is 13.1 Å². The number of carboxylic acids is 1. The lowest BCUT2D eigenvalue weighted by atomic mass is 9.99. The topological polar surface area (TPSA) is 95.5 Å². The molecule has 2 amide bonds. The van der Waals surface area contributed by atoms with Gasteiger partial charge in [-0.3, -0.25) is 14.4 Å². The summed E-state index contributed by atoms with van der Waals surface area (Å²) in [6, 6.07) is 8.87. The van der Waals surface area contributed by atoms with E-state index in [1.807, 2.05) is 6.07 Å². The molecule has 126 valence electrons. The van der Waals surface area contributed by atoms with Gasteiger partial charge in [0.05, 0.1) is 5.92 Å². The summed E-state index contributed by atoms with van der Waals surface area (Å²) in [6.45, 7) is 2.18. The average molecular weight is 320 g/mol. The number of rotatable bonds is 10. The maximum absolute atomic E-state index is 11.8. The van der Waals surface area contributed by atoms with Crippen LogP contribution in [-0.4, -0.2) is 36.0 Å². The third-order valence-electron chi connectivity index (χ3n) is 3.46. The van der Waals surface area contributed by atoms with E-state index in [4.69, 9.17) is 0 Å². The van der Waals surface area contributed by atoms with Crippen LogP contribution in [0, 0.1) is 0 Å². The van der Waals surface area contributed by atoms with Crippen molar-refractivity contribution < 1.29 is 19.5 Å². The normalized spacial score (nSPS) is 11.5. The number of carboxylic acid groups (broad SMARTS) is 1. The maximum Gasteiger partial charge on any atom is 0.312 e. The Balaban J connectivity index is 2.26. The number of nitrogens with one attached hydrogen (secondary N) is 2. The zero-order valence-corrected chi connectivity index (χ0v) is 13.4. The number of aliphatic carboxylic acids is 1. The first kappa shape index (κ1) is 18.7. The summed E-state index contributed by atoms with van der Waals surface area (Å²) in [6.07, 6.45) is 2.75. The summed E-state index contributed by atoms with van der Waals surface area (Å²) in [5.74, 6) is -1.89. The predicted octanol–water partition coefficient (Wildman–Crippen LogP) is 1.67. The van der Waals surface area contributed by atoms with Gasteiger partial charge in [0.25, 0.3) is 0 Å². The highest BCUT2D eigenvalue weighted by atomic mass is 16.4. The minimum Gasteiger partial charge on any atom is -0.481 e. The highest BCUT2D eigenvalue weighted by molar-refractivity contribution is 5.79. The van der Waals surface area contributed by atoms with Crippen LogP contribution in [0.1, 0.15) is 44.1 Å². The summed E-state index contributed by atoms with van der Waals surface area (Å²) in [7, 11) is 0. The number of unbranched alkanes of at least 4 members (excludes halogenated alkanes) is 2. The monoisotopic (exact) mass is 320 g/mol. The number of hydrogen-bond donors (Lipinski definition) is 3. The molecule has 0 bridgehead atoms. The van der Waals surface area contributed by atoms with Crippen LogP contribution in [0.4, 0.5) is 0 Å². The fraction of sp³-hybridized carbons (Fsp3) is 0.471. The summed E-state index contributed by atoms with van der Waals surface area (Å²) >= 11 is 0. The van der Waals surface area contributed by atoms with E-state index in [-0.39, 0.29) is 18.4 Å². The van der Waals surface area contributed by atoms with Gasteiger partial charge in [0.15, 0.2) is 0 Å². The van der Waals surface area contributed by atoms with Gasteiger partial charge in [-0.2, -0.15) is 0 Å². The second-order valence-corrected chi connectivity index (χ2v) is 5.40. The summed E-state index contributed by atoms with van der Waals surface area (Å²) in [4.78, 5) is 33.8. The Hall–Kier alpha value is -2.37. The molecule has 0 heterocycles. The second kappa shape index (κ2) is 10.4. The molecule has 0 radical (unpaired) electrons. The van der Waals surface area contributed by atoms with Gasteiger partial charge in [-0.1, -0.05) is 36.8 Å². The third-order valence-corrected chi connectivity index (χ3v) is 3.46. The molecule has 0 saturated heterocycles. The first-order valence-electron chi connectivity index (χ1n) is 7.79. The third kappa shape index (κ3) is 7.99. The van der Waals surface area contributed by atoms with Gasteiger partial charge in [0.1, 0.15) is 0 Å². The van der Waals surface area contributed by atoms with Crippen LogP contribution >= 0.6 is 0 Å². The van der Waals surface area contributed by atoms with Crippen molar-refractivity contribution in [1.82, 2.24) is 10.6 Å². The van der Waals surface area contributed by atoms with Crippen molar-refractivity contribution >= 4 is 17.8 Å². The molecule has 23 heavy (non-hydrogen) atoms. The highest BCUT2D eigenvalue weighted by Crippen LogP contribution is 2.14. The molecule has 1 aromatic carbocycles. The van der Waals surface area contributed by atoms with Crippen LogP contribution in [0.5, 0.6) is 0 Å². The van der Waals surface area contributed by atoms with E-state index in [2.05, 4.69) is 10.6 Å². The van der Waals surface area contributed by atoms with E-state index in [1.165, 1.54) is 6.92 Å². The fourth-order valence-corrected chi connectivity index (χ4v) is 2.19. The Labute approximate surface area is 136 Å². The highest BCUT2D eigenvalue weighted by Gasteiger charge is 2.20. The molecule has 3 N–H and O–H groups in total. The average Bonchev–Trinajstić information content (AvgIpc) is 2.51. The molecule has 1 rings (SSSR count). The quantitative estimate of drug-likeness (QED) is 0.571. The SMILES string of the molecule is CC(=O)NCCCCCC(=O)NCC(C(=O)O)c1ccccc1. The zero-order valence-electron chi connectivity index (χ0n) is 13.4. The fourth-order valence-electron chi connectivity index (χ4n) is 2.19. The summed E-state index contributed by atoms with van der Waals surface area (Å²) in [5.41, 5.74) is 0.676. The Morgan fingerprint density at radius 3 is 2.35 bits per heavy atom. The van der Waals surface area contributed by atoms with Crippen LogP contribution in [0.25, 0.3) is 0 Å². The molecular weight excluding hydrogens is 296 g/mol. The molecule has 0 aliphatic rings. The van der Waals surface area contributed by atoms with E-state index in [1.54, 1.807) is 24.3 Å². The molecule has 1 aromatic rings. The van der Waals surface area contributed by atoms with Crippen molar-refractivity contribution in [3.05, 3.63) is 35.9 Å². The van der Waals surface area contributed by atoms with Gasteiger partial charge in [-0.15, -0.1) is 0 Å². The van der Waals surface area contributed by atoms with Crippen molar-refractivity contribution in [3.63, 3.8) is 0 Å². The molecule has 0 fully saturated rings. The molecule has 0 aliphatic carbocycles. The van der Waals surface area contributed by atoms with Gasteiger partial charge in [0.2, 0.25) is 11.8 Å². The largest absolute Gasteiger partial charge is 0.481 e. The number of amides is 2. The Kier molecular flexibility index (Phi) is 8.42. The molecule has 6 nitrogen and oxygen atoms in total. The van der Waals surface area contributed by atoms with Crippen molar-refractivity contribution in [2.45, 2.75) is 38.5 Å². The minimum absolute atomic E-state index is 0.0524. The standard InChI is InChI=1S/C17H24N2O4/c1-13(20)18-11-7-3-6-10-16(21)19-12-15(17(22)23)14-8-4-2-5-9-14/h2,4-5,8-9,15H,3,6-7,10-12H2,1H3,(H,18,20)(H,19,21)(H,22,23). The van der Waals surface area contributed by atoms with E-state index in [0.29, 0.717) is 24.9 Å². The van der Waals surface area contributed by atoms with Crippen molar-refractivity contribution in [1.29, 1.82) is 0 Å². The second-order valence-electron chi connectivity index (χ2n) is 5.40. The minimum atomic E-state index is -0.952. The van der Waals surface area contributed by atoms with Crippen LogP contribution in [-0.2, 0) is 14.4 Å². The predicted molar refractivity (Wildman–Crippen MR) is 87.0 cm³/mol. The smallest absolute Gasteiger partial charge is 0.312 e. The lowest BCUT2D eigenvalue weighted by Crippen LogP contribution is -2.31. The van der Waals surface area contributed by atoms with Crippen molar-refractivity contribution in [2.24, 2.45) is 0 Å². The molecule has 1 unspecified atom stereocenters. The van der Waals surface area contributed by atoms with E-state index < -0.39 is 11.9 Å². The summed E-state index contributed by atoms with van der Waals surface area (Å²) in [5, 5.41) is 14.7. The first-order valence-corrected chi connectivity index (χ1v) is 7.79. The molecule has 0 spiro atoms. The molecule has 0 aromatic heterocycles. The maximum atomic E-state index is 11.8. The number of carbonyl (C=O) groups excluding carboxylic acids is 2. The van der Waals surface area contributed by atoms with E-state index in [9.17, 15) is 19.5 Å². The zero-order chi connectivity index (χ0) is 17.1. The molecule has 0 aliphatic heterocycles. The first-order chi connectivity index (χ1) is 11.0. The molecule has 1 atom stereocenters. The summed E-state index contributed by atoms with van der Waals surface area (Å²) < 4.78 is 0. The molecule has 0 saturated carbocycles. The lowest BCUT2D eigenvalue weighted by molar-refractivity contribution is -0.138. The van der Waals surface area contributed by atoms with Crippen LogP contribution in [0.15, 0.2) is 30.3 Å². The Morgan fingerprint density at radius 2 is 1.74 bits per heavy atom.